The van der Waals surface area contributed by atoms with Gasteiger partial charge in [-0.3, -0.25) is 0 Å². The van der Waals surface area contributed by atoms with Gasteiger partial charge < -0.3 is 4.90 Å². The van der Waals surface area contributed by atoms with Crippen molar-refractivity contribution < 1.29 is 0 Å². The van der Waals surface area contributed by atoms with E-state index >= 15 is 0 Å². The fourth-order valence-corrected chi connectivity index (χ4v) is 8.28. The Morgan fingerprint density at radius 1 is 0.833 bits per heavy atom. The van der Waals surface area contributed by atoms with E-state index in [0.717, 1.165) is 0 Å². The third-order valence-electron chi connectivity index (χ3n) is 3.94. The summed E-state index contributed by atoms with van der Waals surface area (Å²) in [5, 5.41) is 0. The van der Waals surface area contributed by atoms with Crippen LogP contribution in [0.2, 0.25) is 24.2 Å². The van der Waals surface area contributed by atoms with E-state index in [1.54, 1.807) is 37.0 Å². The van der Waals surface area contributed by atoms with Crippen LogP contribution in [0.5, 0.6) is 0 Å². The minimum absolute atomic E-state index is 0.653. The largest absolute Gasteiger partial charge is 0.307 e. The van der Waals surface area contributed by atoms with Gasteiger partial charge in [-0.1, -0.05) is 31.0 Å². The Kier molecular flexibility index (Phi) is 2.56. The van der Waals surface area contributed by atoms with Crippen LogP contribution in [0.3, 0.4) is 0 Å². The van der Waals surface area contributed by atoms with Gasteiger partial charge in [-0.25, -0.2) is 0 Å². The van der Waals surface area contributed by atoms with Crippen LogP contribution in [0.25, 0.3) is 0 Å². The highest BCUT2D eigenvalue weighted by Crippen LogP contribution is 2.38. The van der Waals surface area contributed by atoms with Crippen LogP contribution in [0.15, 0.2) is 0 Å². The topological polar surface area (TPSA) is 3.24 Å². The molecule has 0 aliphatic carbocycles. The molecule has 70 valence electrons. The molecule has 2 fully saturated rings. The van der Waals surface area contributed by atoms with Crippen LogP contribution in [-0.2, 0) is 0 Å². The molecule has 1 spiro atoms. The fourth-order valence-electron chi connectivity index (χ4n) is 3.01. The zero-order valence-electron chi connectivity index (χ0n) is 8.31. The van der Waals surface area contributed by atoms with Crippen LogP contribution in [0, 0.1) is 0 Å². The predicted octanol–water partition coefficient (Wildman–Crippen LogP) is 2.56. The zero-order valence-corrected chi connectivity index (χ0v) is 9.31. The summed E-state index contributed by atoms with van der Waals surface area (Å²) in [6.45, 7) is 2.78. The van der Waals surface area contributed by atoms with Crippen LogP contribution in [0.4, 0.5) is 0 Å². The second-order valence-electron chi connectivity index (χ2n) is 4.86. The quantitative estimate of drug-likeness (QED) is 0.522. The first-order chi connectivity index (χ1) is 5.81. The van der Waals surface area contributed by atoms with E-state index in [9.17, 15) is 0 Å². The van der Waals surface area contributed by atoms with Gasteiger partial charge in [0.2, 0.25) is 0 Å². The van der Waals surface area contributed by atoms with E-state index in [4.69, 9.17) is 0 Å². The first-order valence-electron chi connectivity index (χ1n) is 5.49. The smallest absolute Gasteiger partial charge is 0.0548 e. The van der Waals surface area contributed by atoms with Crippen LogP contribution < -0.4 is 0 Å². The van der Waals surface area contributed by atoms with E-state index in [-0.39, 0.29) is 0 Å². The molecule has 2 aliphatic rings. The summed E-state index contributed by atoms with van der Waals surface area (Å²) in [4.78, 5) is 2.54. The Balaban J connectivity index is 1.97. The van der Waals surface area contributed by atoms with Gasteiger partial charge >= 0.3 is 0 Å². The van der Waals surface area contributed by atoms with Crippen molar-refractivity contribution in [3.8, 4) is 0 Å². The highest BCUT2D eigenvalue weighted by atomic mass is 28.3. The molecule has 1 nitrogen and oxygen atoms in total. The Morgan fingerprint density at radius 2 is 1.50 bits per heavy atom. The maximum atomic E-state index is 2.54. The van der Waals surface area contributed by atoms with Crippen molar-refractivity contribution in [3.05, 3.63) is 0 Å². The molecular weight excluding hydrogens is 162 g/mol. The van der Waals surface area contributed by atoms with Gasteiger partial charge in [0, 0.05) is 0 Å². The normalized spacial score (nSPS) is 30.8. The molecule has 2 rings (SSSR count). The maximum absolute atomic E-state index is 2.54. The fraction of sp³-hybridized carbons (Fsp3) is 1.00. The Labute approximate surface area is 77.2 Å². The summed E-state index contributed by atoms with van der Waals surface area (Å²) in [6, 6.07) is 6.60. The van der Waals surface area contributed by atoms with Crippen LogP contribution in [0.1, 0.15) is 19.3 Å². The summed E-state index contributed by atoms with van der Waals surface area (Å²) in [5.41, 5.74) is 0. The molecule has 0 aromatic heterocycles. The minimum atomic E-state index is -0.653. The van der Waals surface area contributed by atoms with E-state index in [2.05, 4.69) is 11.9 Å². The lowest BCUT2D eigenvalue weighted by Crippen LogP contribution is -2.30. The molecule has 0 amide bonds. The van der Waals surface area contributed by atoms with Gasteiger partial charge in [0.15, 0.2) is 0 Å². The van der Waals surface area contributed by atoms with Crippen molar-refractivity contribution in [2.24, 2.45) is 0 Å². The average molecular weight is 183 g/mol. The first kappa shape index (κ1) is 8.76. The molecule has 0 N–H and O–H groups in total. The van der Waals surface area contributed by atoms with Crippen molar-refractivity contribution in [2.75, 3.05) is 20.1 Å². The molecule has 2 aliphatic heterocycles. The SMILES string of the molecule is CN1CCC[Si]2(CCCC2)CC1. The van der Waals surface area contributed by atoms with E-state index < -0.39 is 8.07 Å². The van der Waals surface area contributed by atoms with Crippen molar-refractivity contribution in [1.29, 1.82) is 0 Å². The van der Waals surface area contributed by atoms with Gasteiger partial charge in [-0.05, 0) is 32.6 Å². The molecule has 0 atom stereocenters. The number of rotatable bonds is 0. The Hall–Kier alpha value is 0.177. The zero-order chi connectivity index (χ0) is 8.44. The standard InChI is InChI=1S/C10H21NSi/c1-11-5-4-9-12(10-6-11)7-2-3-8-12/h2-10H2,1H3. The highest BCUT2D eigenvalue weighted by molar-refractivity contribution is 6.80. The molecular formula is C10H21NSi. The van der Waals surface area contributed by atoms with Crippen molar-refractivity contribution in [1.82, 2.24) is 4.90 Å². The molecule has 2 heteroatoms. The van der Waals surface area contributed by atoms with E-state index in [0.29, 0.717) is 0 Å². The second kappa shape index (κ2) is 3.50. The van der Waals surface area contributed by atoms with Gasteiger partial charge in [0.1, 0.15) is 0 Å². The van der Waals surface area contributed by atoms with Gasteiger partial charge in [0.25, 0.3) is 0 Å². The molecule has 0 radical (unpaired) electrons. The molecule has 2 heterocycles. The highest BCUT2D eigenvalue weighted by Gasteiger charge is 2.36. The molecule has 0 unspecified atom stereocenters. The molecule has 0 aromatic carbocycles. The molecule has 0 bridgehead atoms. The summed E-state index contributed by atoms with van der Waals surface area (Å²) in [6.07, 6.45) is 4.63. The maximum Gasteiger partial charge on any atom is 0.0548 e. The van der Waals surface area contributed by atoms with E-state index in [1.807, 2.05) is 0 Å². The Morgan fingerprint density at radius 3 is 2.25 bits per heavy atom. The molecule has 0 saturated carbocycles. The second-order valence-corrected chi connectivity index (χ2v) is 9.86. The lowest BCUT2D eigenvalue weighted by molar-refractivity contribution is 0.360. The van der Waals surface area contributed by atoms with Crippen LogP contribution in [-0.4, -0.2) is 33.1 Å². The lowest BCUT2D eigenvalue weighted by atomic mass is 10.4. The monoisotopic (exact) mass is 183 g/mol. The number of nitrogens with zero attached hydrogens (tertiary/aromatic N) is 1. The molecule has 2 saturated heterocycles. The summed E-state index contributed by atoms with van der Waals surface area (Å²) >= 11 is 0. The van der Waals surface area contributed by atoms with Crippen molar-refractivity contribution in [3.63, 3.8) is 0 Å². The third kappa shape index (κ3) is 1.74. The van der Waals surface area contributed by atoms with Crippen molar-refractivity contribution >= 4 is 8.07 Å². The van der Waals surface area contributed by atoms with Crippen molar-refractivity contribution in [2.45, 2.75) is 43.4 Å². The summed E-state index contributed by atoms with van der Waals surface area (Å²) < 4.78 is 0. The van der Waals surface area contributed by atoms with Crippen LogP contribution >= 0.6 is 0 Å². The third-order valence-corrected chi connectivity index (χ3v) is 9.46. The molecule has 12 heavy (non-hydrogen) atoms. The summed E-state index contributed by atoms with van der Waals surface area (Å²) in [5.74, 6) is 0. The van der Waals surface area contributed by atoms with Gasteiger partial charge in [-0.2, -0.15) is 0 Å². The number of hydrogen-bond acceptors (Lipinski definition) is 1. The van der Waals surface area contributed by atoms with Gasteiger partial charge in [-0.15, -0.1) is 0 Å². The lowest BCUT2D eigenvalue weighted by Gasteiger charge is -2.24. The first-order valence-corrected chi connectivity index (χ1v) is 8.32. The Bertz CT molecular complexity index is 152. The molecule has 0 aromatic rings. The van der Waals surface area contributed by atoms with Gasteiger partial charge in [0.05, 0.1) is 8.07 Å². The number of hydrogen-bond donors (Lipinski definition) is 0. The van der Waals surface area contributed by atoms with E-state index in [1.165, 1.54) is 19.5 Å². The average Bonchev–Trinajstić information content (AvgIpc) is 2.42. The summed E-state index contributed by atoms with van der Waals surface area (Å²) in [7, 11) is 1.64. The predicted molar refractivity (Wildman–Crippen MR) is 56.3 cm³/mol. The minimum Gasteiger partial charge on any atom is -0.307 e.